The van der Waals surface area contributed by atoms with Gasteiger partial charge in [0, 0.05) is 11.0 Å². The molecule has 0 aliphatic rings. The van der Waals surface area contributed by atoms with Crippen LogP contribution in [0.1, 0.15) is 34.6 Å². The summed E-state index contributed by atoms with van der Waals surface area (Å²) >= 11 is 0. The molecule has 3 nitrogen and oxygen atoms in total. The Balaban J connectivity index is 3.98. The van der Waals surface area contributed by atoms with Gasteiger partial charge in [0.05, 0.1) is 6.72 Å². The van der Waals surface area contributed by atoms with Crippen LogP contribution >= 0.6 is 0 Å². The first-order chi connectivity index (χ1) is 5.45. The zero-order valence-electron chi connectivity index (χ0n) is 8.78. The molecule has 12 heavy (non-hydrogen) atoms. The summed E-state index contributed by atoms with van der Waals surface area (Å²) in [5, 5.41) is 8.13. The van der Waals surface area contributed by atoms with E-state index in [0.29, 0.717) is 12.0 Å². The highest BCUT2D eigenvalue weighted by atomic mass is 15.5. The molecule has 0 fully saturated rings. The van der Waals surface area contributed by atoms with Crippen molar-refractivity contribution in [2.45, 2.75) is 46.7 Å². The van der Waals surface area contributed by atoms with E-state index in [1.165, 1.54) is 0 Å². The lowest BCUT2D eigenvalue weighted by Crippen LogP contribution is -2.13. The van der Waals surface area contributed by atoms with E-state index in [0.717, 1.165) is 0 Å². The van der Waals surface area contributed by atoms with E-state index in [1.54, 1.807) is 4.68 Å². The van der Waals surface area contributed by atoms with Gasteiger partial charge in [-0.25, -0.2) is 0 Å². The van der Waals surface area contributed by atoms with Crippen LogP contribution in [0.3, 0.4) is 0 Å². The van der Waals surface area contributed by atoms with E-state index < -0.39 is 0 Å². The van der Waals surface area contributed by atoms with Gasteiger partial charge in [-0.15, -0.1) is 4.68 Å². The Morgan fingerprint density at radius 3 is 1.92 bits per heavy atom. The average molecular weight is 170 g/mol. The van der Waals surface area contributed by atoms with Crippen LogP contribution in [0.4, 0.5) is 0 Å². The van der Waals surface area contributed by atoms with Gasteiger partial charge in [0.1, 0.15) is 11.3 Å². The summed E-state index contributed by atoms with van der Waals surface area (Å²) in [4.78, 5) is 0. The van der Waals surface area contributed by atoms with Gasteiger partial charge in [0.25, 0.3) is 0 Å². The molecule has 1 unspecified atom stereocenters. The van der Waals surface area contributed by atoms with E-state index in [-0.39, 0.29) is 6.04 Å². The predicted molar refractivity (Wildman–Crippen MR) is 51.7 cm³/mol. The molecule has 0 N–H and O–H groups in total. The van der Waals surface area contributed by atoms with Gasteiger partial charge in [-0.05, 0) is 20.8 Å². The van der Waals surface area contributed by atoms with Gasteiger partial charge >= 0.3 is 0 Å². The fourth-order valence-electron chi connectivity index (χ4n) is 0.384. The molecule has 0 aromatic heterocycles. The number of nitrogens with zero attached hydrogens (tertiary/aromatic N) is 3. The third kappa shape index (κ3) is 4.21. The number of hydrogen-bond acceptors (Lipinski definition) is 2. The number of rotatable bonds is 4. The van der Waals surface area contributed by atoms with Crippen LogP contribution in [-0.4, -0.2) is 23.5 Å². The van der Waals surface area contributed by atoms with Crippen molar-refractivity contribution in [3.63, 3.8) is 0 Å². The first kappa shape index (κ1) is 11.3. The van der Waals surface area contributed by atoms with Crippen molar-refractivity contribution in [3.8, 4) is 0 Å². The molecule has 0 radical (unpaired) electrons. The summed E-state index contributed by atoms with van der Waals surface area (Å²) in [5.41, 5.74) is 0. The van der Waals surface area contributed by atoms with Crippen LogP contribution < -0.4 is 0 Å². The van der Waals surface area contributed by atoms with Crippen LogP contribution in [0.15, 0.2) is 10.3 Å². The predicted octanol–water partition coefficient (Wildman–Crippen LogP) is 2.52. The smallest absolute Gasteiger partial charge is 0.143 e. The Morgan fingerprint density at radius 1 is 1.08 bits per heavy atom. The Hall–Kier alpha value is -0.730. The van der Waals surface area contributed by atoms with Crippen molar-refractivity contribution in [3.05, 3.63) is 0 Å². The van der Waals surface area contributed by atoms with Crippen molar-refractivity contribution in [1.29, 1.82) is 0 Å². The second kappa shape index (κ2) is 5.01. The molecule has 0 aliphatic heterocycles. The molecular formula is C9H20N3+. The molecule has 70 valence electrons. The van der Waals surface area contributed by atoms with Crippen molar-refractivity contribution < 1.29 is 4.68 Å². The molecule has 0 aromatic rings. The fraction of sp³-hybridized carbons (Fsp3) is 0.889. The normalized spacial score (nSPS) is 14.6. The van der Waals surface area contributed by atoms with E-state index in [2.05, 4.69) is 37.8 Å². The highest BCUT2D eigenvalue weighted by molar-refractivity contribution is 5.14. The van der Waals surface area contributed by atoms with Gasteiger partial charge in [0.2, 0.25) is 0 Å². The quantitative estimate of drug-likeness (QED) is 0.268. The molecule has 0 aliphatic carbocycles. The Kier molecular flexibility index (Phi) is 4.71. The first-order valence-corrected chi connectivity index (χ1v) is 4.45. The zero-order chi connectivity index (χ0) is 9.72. The molecule has 3 heteroatoms. The lowest BCUT2D eigenvalue weighted by atomic mass is 10.1. The average Bonchev–Trinajstić information content (AvgIpc) is 1.98. The summed E-state index contributed by atoms with van der Waals surface area (Å²) in [6.07, 6.45) is 0. The molecule has 0 amide bonds. The van der Waals surface area contributed by atoms with Gasteiger partial charge in [0.15, 0.2) is 6.04 Å². The molecule has 0 aromatic carbocycles. The lowest BCUT2D eigenvalue weighted by Gasteiger charge is -2.02. The summed E-state index contributed by atoms with van der Waals surface area (Å²) in [7, 11) is 0. The van der Waals surface area contributed by atoms with Crippen molar-refractivity contribution in [1.82, 2.24) is 0 Å². The zero-order valence-corrected chi connectivity index (χ0v) is 8.78. The van der Waals surface area contributed by atoms with Crippen LogP contribution in [0.5, 0.6) is 0 Å². The van der Waals surface area contributed by atoms with Gasteiger partial charge in [-0.3, -0.25) is 0 Å². The van der Waals surface area contributed by atoms with E-state index in [1.807, 2.05) is 13.8 Å². The lowest BCUT2D eigenvalue weighted by molar-refractivity contribution is -0.564. The van der Waals surface area contributed by atoms with Crippen LogP contribution in [-0.2, 0) is 0 Å². The van der Waals surface area contributed by atoms with Crippen LogP contribution in [0.25, 0.3) is 0 Å². The van der Waals surface area contributed by atoms with Crippen molar-refractivity contribution >= 4 is 6.72 Å². The maximum atomic E-state index is 4.13. The topological polar surface area (TPSA) is 27.7 Å². The third-order valence-electron chi connectivity index (χ3n) is 1.91. The molecule has 1 atom stereocenters. The second-order valence-electron chi connectivity index (χ2n) is 3.72. The van der Waals surface area contributed by atoms with E-state index in [4.69, 9.17) is 0 Å². The summed E-state index contributed by atoms with van der Waals surface area (Å²) < 4.78 is 1.62. The van der Waals surface area contributed by atoms with Crippen molar-refractivity contribution in [2.24, 2.45) is 16.3 Å². The molecule has 0 rings (SSSR count). The minimum absolute atomic E-state index is 0.271. The van der Waals surface area contributed by atoms with Crippen molar-refractivity contribution in [2.75, 3.05) is 0 Å². The Bertz CT molecular complexity index is 171. The van der Waals surface area contributed by atoms with Gasteiger partial charge in [-0.2, -0.15) is 0 Å². The monoisotopic (exact) mass is 170 g/mol. The summed E-state index contributed by atoms with van der Waals surface area (Å²) in [5.74, 6) is 0.536. The fourth-order valence-corrected chi connectivity index (χ4v) is 0.384. The summed E-state index contributed by atoms with van der Waals surface area (Å²) in [6, 6.07) is 0.584. The van der Waals surface area contributed by atoms with E-state index in [9.17, 15) is 0 Å². The maximum Gasteiger partial charge on any atom is 0.166 e. The Labute approximate surface area is 75.2 Å². The molecule has 0 heterocycles. The standard InChI is InChI=1S/C9H20N3/c1-7(2)9(5)10-11-12(6)8(3)4/h7-9H,6H2,1-5H3/q+1. The molecule has 0 saturated carbocycles. The second-order valence-corrected chi connectivity index (χ2v) is 3.72. The molecule has 0 spiro atoms. The minimum Gasteiger partial charge on any atom is -0.143 e. The van der Waals surface area contributed by atoms with Gasteiger partial charge < -0.3 is 0 Å². The largest absolute Gasteiger partial charge is 0.166 e. The van der Waals surface area contributed by atoms with Crippen LogP contribution in [0, 0.1) is 5.92 Å². The highest BCUT2D eigenvalue weighted by Gasteiger charge is 2.11. The molecule has 0 bridgehead atoms. The third-order valence-corrected chi connectivity index (χ3v) is 1.91. The highest BCUT2D eigenvalue weighted by Crippen LogP contribution is 2.05. The van der Waals surface area contributed by atoms with Gasteiger partial charge in [-0.1, -0.05) is 13.8 Å². The summed E-state index contributed by atoms with van der Waals surface area (Å²) in [6.45, 7) is 14.1. The first-order valence-electron chi connectivity index (χ1n) is 4.45. The number of hydrogen-bond donors (Lipinski definition) is 0. The minimum atomic E-state index is 0.271. The van der Waals surface area contributed by atoms with Crippen LogP contribution in [0.2, 0.25) is 0 Å². The molecule has 0 saturated heterocycles. The Morgan fingerprint density at radius 2 is 1.58 bits per heavy atom. The molecular weight excluding hydrogens is 150 g/mol. The maximum absolute atomic E-state index is 4.13. The van der Waals surface area contributed by atoms with E-state index >= 15 is 0 Å². The SMILES string of the molecule is C=[N+](N=NC(C)C(C)C)C(C)C.